The van der Waals surface area contributed by atoms with Crippen molar-refractivity contribution in [2.24, 2.45) is 0 Å². The van der Waals surface area contributed by atoms with E-state index in [4.69, 9.17) is 21.3 Å². The third-order valence-corrected chi connectivity index (χ3v) is 6.46. The highest BCUT2D eigenvalue weighted by Gasteiger charge is 2.29. The number of rotatable bonds is 2. The molecule has 0 saturated carbocycles. The summed E-state index contributed by atoms with van der Waals surface area (Å²) in [6.07, 6.45) is 4.22. The number of fused-ring (bicyclic) bond motifs is 2. The van der Waals surface area contributed by atoms with Gasteiger partial charge in [0, 0.05) is 35.4 Å². The topological polar surface area (TPSA) is 85.6 Å². The summed E-state index contributed by atoms with van der Waals surface area (Å²) in [5, 5.41) is 11.7. The van der Waals surface area contributed by atoms with Gasteiger partial charge in [0.1, 0.15) is 5.02 Å². The number of hydrogen-bond donors (Lipinski definition) is 0. The number of likely N-dealkylation sites (tertiary alicyclic amines) is 1. The molecule has 1 aliphatic carbocycles. The maximum Gasteiger partial charge on any atom is 0.409 e. The second-order valence-electron chi connectivity index (χ2n) is 7.54. The Balaban J connectivity index is 1.84. The summed E-state index contributed by atoms with van der Waals surface area (Å²) >= 11 is 9.73. The summed E-state index contributed by atoms with van der Waals surface area (Å²) in [6, 6.07) is 5.35. The molecule has 4 rings (SSSR count). The van der Waals surface area contributed by atoms with Crippen molar-refractivity contribution in [3.8, 4) is 0 Å². The summed E-state index contributed by atoms with van der Waals surface area (Å²) in [7, 11) is 0. The first kappa shape index (κ1) is 21.8. The molecule has 1 saturated heterocycles. The molecule has 2 aliphatic rings. The van der Waals surface area contributed by atoms with Crippen LogP contribution in [0.5, 0.6) is 0 Å². The second-order valence-corrected chi connectivity index (χ2v) is 8.87. The van der Waals surface area contributed by atoms with Crippen LogP contribution in [0.3, 0.4) is 0 Å². The zero-order valence-corrected chi connectivity index (χ0v) is 19.3. The van der Waals surface area contributed by atoms with Gasteiger partial charge in [0.15, 0.2) is 0 Å². The van der Waals surface area contributed by atoms with Gasteiger partial charge in [0.2, 0.25) is 0 Å². The Kier molecular flexibility index (Phi) is 6.29. The fourth-order valence-electron chi connectivity index (χ4n) is 4.26. The van der Waals surface area contributed by atoms with E-state index >= 15 is 0 Å². The molecule has 162 valence electrons. The molecule has 0 unspecified atom stereocenters. The van der Waals surface area contributed by atoms with Gasteiger partial charge in [-0.2, -0.15) is 0 Å². The van der Waals surface area contributed by atoms with Crippen molar-refractivity contribution in [3.63, 3.8) is 0 Å². The van der Waals surface area contributed by atoms with Gasteiger partial charge in [-0.25, -0.2) is 4.79 Å². The van der Waals surface area contributed by atoms with E-state index in [-0.39, 0.29) is 16.8 Å². The summed E-state index contributed by atoms with van der Waals surface area (Å²) < 4.78 is 6.02. The van der Waals surface area contributed by atoms with E-state index in [1.807, 2.05) is 0 Å². The smallest absolute Gasteiger partial charge is 0.409 e. The first-order valence-electron chi connectivity index (χ1n) is 10.1. The van der Waals surface area contributed by atoms with Crippen molar-refractivity contribution < 1.29 is 14.5 Å². The molecule has 2 heterocycles. The number of ether oxygens (including phenoxy) is 1. The lowest BCUT2D eigenvalue weighted by Gasteiger charge is -2.29. The number of pyridine rings is 1. The lowest BCUT2D eigenvalue weighted by atomic mass is 9.88. The minimum absolute atomic E-state index is 0.108. The number of amides is 1. The van der Waals surface area contributed by atoms with Gasteiger partial charge >= 0.3 is 6.09 Å². The minimum atomic E-state index is -0.449. The lowest BCUT2D eigenvalue weighted by Crippen LogP contribution is -2.37. The molecule has 1 aromatic heterocycles. The van der Waals surface area contributed by atoms with E-state index in [1.54, 1.807) is 30.2 Å². The maximum absolute atomic E-state index is 12.1. The summed E-state index contributed by atoms with van der Waals surface area (Å²) in [5.74, 6) is 0. The number of carbonyl (C=O) groups is 1. The minimum Gasteiger partial charge on any atom is -0.450 e. The Labute approximate surface area is 193 Å². The van der Waals surface area contributed by atoms with Crippen LogP contribution >= 0.6 is 27.5 Å². The largest absolute Gasteiger partial charge is 0.450 e. The third kappa shape index (κ3) is 4.32. The quantitative estimate of drug-likeness (QED) is 0.393. The zero-order chi connectivity index (χ0) is 22.1. The molecule has 0 radical (unpaired) electrons. The van der Waals surface area contributed by atoms with E-state index < -0.39 is 4.92 Å². The maximum atomic E-state index is 12.1. The Morgan fingerprint density at radius 2 is 1.94 bits per heavy atom. The second kappa shape index (κ2) is 8.96. The van der Waals surface area contributed by atoms with Gasteiger partial charge in [-0.3, -0.25) is 15.1 Å². The van der Waals surface area contributed by atoms with Crippen LogP contribution in [0.1, 0.15) is 42.1 Å². The number of nitro benzene ring substituents is 1. The van der Waals surface area contributed by atoms with E-state index in [1.165, 1.54) is 0 Å². The fraction of sp³-hybridized carbons (Fsp3) is 0.364. The third-order valence-electron chi connectivity index (χ3n) is 5.72. The van der Waals surface area contributed by atoms with Gasteiger partial charge in [0.05, 0.1) is 17.2 Å². The highest BCUT2D eigenvalue weighted by molar-refractivity contribution is 9.10. The molecule has 9 heteroatoms. The van der Waals surface area contributed by atoms with Gasteiger partial charge in [-0.15, -0.1) is 0 Å². The fourth-order valence-corrected chi connectivity index (χ4v) is 4.89. The number of carbonyl (C=O) groups excluding carboxylic acids is 1. The van der Waals surface area contributed by atoms with Gasteiger partial charge < -0.3 is 9.64 Å². The molecule has 1 amide bonds. The number of nitrogens with zero attached hydrogens (tertiary/aromatic N) is 3. The van der Waals surface area contributed by atoms with E-state index in [0.29, 0.717) is 39.0 Å². The molecule has 1 fully saturated rings. The highest BCUT2D eigenvalue weighted by atomic mass is 79.9. The Bertz CT molecular complexity index is 1090. The molecule has 7 nitrogen and oxygen atoms in total. The van der Waals surface area contributed by atoms with Crippen LogP contribution in [-0.2, 0) is 17.6 Å². The van der Waals surface area contributed by atoms with Crippen molar-refractivity contribution in [1.82, 2.24) is 9.88 Å². The number of halogens is 2. The van der Waals surface area contributed by atoms with Crippen molar-refractivity contribution in [1.29, 1.82) is 0 Å². The van der Waals surface area contributed by atoms with Gasteiger partial charge in [-0.05, 0) is 77.4 Å². The molecule has 0 atom stereocenters. The molecule has 0 spiro atoms. The van der Waals surface area contributed by atoms with Crippen LogP contribution in [-0.4, -0.2) is 40.6 Å². The number of nitro groups is 1. The van der Waals surface area contributed by atoms with Crippen LogP contribution in [0.25, 0.3) is 5.57 Å². The molecule has 1 aromatic carbocycles. The Hall–Kier alpha value is -2.45. The van der Waals surface area contributed by atoms with E-state index in [0.717, 1.165) is 44.4 Å². The Morgan fingerprint density at radius 3 is 2.61 bits per heavy atom. The number of aromatic nitrogens is 1. The predicted octanol–water partition coefficient (Wildman–Crippen LogP) is 5.56. The number of piperidine rings is 1. The summed E-state index contributed by atoms with van der Waals surface area (Å²) in [6.45, 7) is 3.20. The molecule has 2 aromatic rings. The molecular formula is C22H21BrClN3O4. The van der Waals surface area contributed by atoms with Crippen molar-refractivity contribution >= 4 is 44.9 Å². The van der Waals surface area contributed by atoms with Crippen LogP contribution in [0.2, 0.25) is 5.02 Å². The van der Waals surface area contributed by atoms with Crippen molar-refractivity contribution in [2.75, 3.05) is 19.7 Å². The Morgan fingerprint density at radius 1 is 1.23 bits per heavy atom. The molecule has 1 aliphatic heterocycles. The first-order valence-corrected chi connectivity index (χ1v) is 11.3. The standard InChI is InChI=1S/C22H21BrClN3O4/c1-2-31-22(28)26-7-5-13(6-8-26)20-17-11-19(27(29)30)18(24)10-14(17)3-4-15-9-16(23)12-25-21(15)20/h9-12H,2-8H2,1H3. The number of aryl methyl sites for hydroxylation is 2. The normalized spacial score (nSPS) is 15.8. The van der Waals surface area contributed by atoms with Gasteiger partial charge in [0.25, 0.3) is 5.69 Å². The lowest BCUT2D eigenvalue weighted by molar-refractivity contribution is -0.384. The predicted molar refractivity (Wildman–Crippen MR) is 121 cm³/mol. The van der Waals surface area contributed by atoms with E-state index in [2.05, 4.69) is 22.0 Å². The summed E-state index contributed by atoms with van der Waals surface area (Å²) in [4.78, 5) is 29.6. The van der Waals surface area contributed by atoms with Crippen LogP contribution in [0, 0.1) is 10.1 Å². The van der Waals surface area contributed by atoms with E-state index in [9.17, 15) is 14.9 Å². The summed E-state index contributed by atoms with van der Waals surface area (Å²) in [5.41, 5.74) is 5.67. The van der Waals surface area contributed by atoms with Crippen LogP contribution < -0.4 is 0 Å². The van der Waals surface area contributed by atoms with Crippen LogP contribution in [0.15, 0.2) is 34.4 Å². The van der Waals surface area contributed by atoms with Crippen LogP contribution in [0.4, 0.5) is 10.5 Å². The number of benzene rings is 1. The molecule has 0 N–H and O–H groups in total. The number of hydrogen-bond acceptors (Lipinski definition) is 5. The monoisotopic (exact) mass is 505 g/mol. The SMILES string of the molecule is CCOC(=O)N1CCC(=C2c3cc([N+](=O)[O-])c(Cl)cc3CCc3cc(Br)cnc32)CC1. The van der Waals surface area contributed by atoms with Crippen molar-refractivity contribution in [2.45, 2.75) is 32.6 Å². The molecule has 31 heavy (non-hydrogen) atoms. The highest BCUT2D eigenvalue weighted by Crippen LogP contribution is 2.41. The first-order chi connectivity index (χ1) is 14.9. The molecule has 0 bridgehead atoms. The zero-order valence-electron chi connectivity index (χ0n) is 17.0. The molecular weight excluding hydrogens is 486 g/mol. The average Bonchev–Trinajstić information content (AvgIpc) is 2.89. The van der Waals surface area contributed by atoms with Gasteiger partial charge in [-0.1, -0.05) is 17.2 Å². The van der Waals surface area contributed by atoms with Crippen molar-refractivity contribution in [3.05, 3.63) is 72.0 Å². The average molecular weight is 507 g/mol.